The SMILES string of the molecule is Fc1cnc(OCc2cccs2)nc1NCCc1ccccc1. The fourth-order valence-electron chi connectivity index (χ4n) is 2.04. The van der Waals surface area contributed by atoms with Crippen molar-refractivity contribution in [3.05, 3.63) is 70.3 Å². The molecule has 118 valence electrons. The van der Waals surface area contributed by atoms with E-state index in [0.717, 1.165) is 17.5 Å². The molecule has 0 unspecified atom stereocenters. The lowest BCUT2D eigenvalue weighted by molar-refractivity contribution is 0.283. The summed E-state index contributed by atoms with van der Waals surface area (Å²) in [6.45, 7) is 0.967. The van der Waals surface area contributed by atoms with Gasteiger partial charge >= 0.3 is 6.01 Å². The zero-order valence-electron chi connectivity index (χ0n) is 12.4. The molecule has 2 aromatic heterocycles. The first-order chi connectivity index (χ1) is 11.3. The van der Waals surface area contributed by atoms with Crippen LogP contribution in [0.5, 0.6) is 6.01 Å². The van der Waals surface area contributed by atoms with Crippen LogP contribution in [0, 0.1) is 5.82 Å². The summed E-state index contributed by atoms with van der Waals surface area (Å²) in [6, 6.07) is 14.1. The van der Waals surface area contributed by atoms with Crippen molar-refractivity contribution in [1.82, 2.24) is 9.97 Å². The Morgan fingerprint density at radius 3 is 2.78 bits per heavy atom. The Labute approximate surface area is 138 Å². The zero-order chi connectivity index (χ0) is 15.9. The van der Waals surface area contributed by atoms with Gasteiger partial charge in [-0.15, -0.1) is 11.3 Å². The highest BCUT2D eigenvalue weighted by molar-refractivity contribution is 7.09. The van der Waals surface area contributed by atoms with E-state index in [1.807, 2.05) is 47.8 Å². The lowest BCUT2D eigenvalue weighted by Crippen LogP contribution is -2.09. The van der Waals surface area contributed by atoms with Gasteiger partial charge in [-0.05, 0) is 23.4 Å². The number of aromatic nitrogens is 2. The maximum atomic E-state index is 13.8. The molecule has 0 aliphatic rings. The first kappa shape index (κ1) is 15.4. The second-order valence-corrected chi connectivity index (χ2v) is 5.91. The molecule has 0 aliphatic heterocycles. The monoisotopic (exact) mass is 329 g/mol. The van der Waals surface area contributed by atoms with Gasteiger partial charge in [-0.2, -0.15) is 4.98 Å². The molecule has 1 N–H and O–H groups in total. The molecule has 0 saturated heterocycles. The standard InChI is InChI=1S/C17H16FN3OS/c18-15-11-20-17(22-12-14-7-4-10-23-14)21-16(15)19-9-8-13-5-2-1-3-6-13/h1-7,10-11H,8-9,12H2,(H,19,20,21). The van der Waals surface area contributed by atoms with Crippen LogP contribution in [0.15, 0.2) is 54.0 Å². The Balaban J connectivity index is 1.56. The molecule has 23 heavy (non-hydrogen) atoms. The molecule has 0 fully saturated rings. The number of anilines is 1. The molecular formula is C17H16FN3OS. The molecule has 0 aliphatic carbocycles. The van der Waals surface area contributed by atoms with Gasteiger partial charge < -0.3 is 10.1 Å². The Morgan fingerprint density at radius 2 is 2.00 bits per heavy atom. The highest BCUT2D eigenvalue weighted by Gasteiger charge is 2.08. The van der Waals surface area contributed by atoms with Gasteiger partial charge in [0.2, 0.25) is 0 Å². The van der Waals surface area contributed by atoms with Crippen molar-refractivity contribution in [3.8, 4) is 6.01 Å². The van der Waals surface area contributed by atoms with Crippen molar-refractivity contribution >= 4 is 17.2 Å². The van der Waals surface area contributed by atoms with Gasteiger partial charge in [0.05, 0.1) is 6.20 Å². The number of hydrogen-bond acceptors (Lipinski definition) is 5. The summed E-state index contributed by atoms with van der Waals surface area (Å²) in [6.07, 6.45) is 1.91. The van der Waals surface area contributed by atoms with Gasteiger partial charge in [-0.3, -0.25) is 0 Å². The molecular weight excluding hydrogens is 313 g/mol. The number of nitrogens with zero attached hydrogens (tertiary/aromatic N) is 2. The molecule has 0 bridgehead atoms. The van der Waals surface area contributed by atoms with Crippen LogP contribution >= 0.6 is 11.3 Å². The summed E-state index contributed by atoms with van der Waals surface area (Å²) in [5.74, 6) is -0.321. The highest BCUT2D eigenvalue weighted by Crippen LogP contribution is 2.16. The molecule has 0 radical (unpaired) electrons. The van der Waals surface area contributed by atoms with E-state index < -0.39 is 5.82 Å². The average molecular weight is 329 g/mol. The second kappa shape index (κ2) is 7.69. The second-order valence-electron chi connectivity index (χ2n) is 4.88. The number of halogens is 1. The summed E-state index contributed by atoms with van der Waals surface area (Å²) >= 11 is 1.59. The van der Waals surface area contributed by atoms with Crippen LogP contribution in [0.25, 0.3) is 0 Å². The number of hydrogen-bond donors (Lipinski definition) is 1. The Hall–Kier alpha value is -2.47. The van der Waals surface area contributed by atoms with Crippen LogP contribution in [-0.2, 0) is 13.0 Å². The predicted octanol–water partition coefficient (Wildman–Crippen LogP) is 3.91. The van der Waals surface area contributed by atoms with Gasteiger partial charge in [-0.25, -0.2) is 9.37 Å². The van der Waals surface area contributed by atoms with Gasteiger partial charge in [-0.1, -0.05) is 36.4 Å². The van der Waals surface area contributed by atoms with Gasteiger partial charge in [0.25, 0.3) is 0 Å². The lowest BCUT2D eigenvalue weighted by Gasteiger charge is -2.08. The normalized spacial score (nSPS) is 10.5. The fourth-order valence-corrected chi connectivity index (χ4v) is 2.66. The van der Waals surface area contributed by atoms with E-state index in [1.165, 1.54) is 5.56 Å². The lowest BCUT2D eigenvalue weighted by atomic mass is 10.1. The van der Waals surface area contributed by atoms with Crippen LogP contribution in [-0.4, -0.2) is 16.5 Å². The smallest absolute Gasteiger partial charge is 0.318 e. The minimum absolute atomic E-state index is 0.164. The molecule has 0 spiro atoms. The summed E-state index contributed by atoms with van der Waals surface area (Å²) in [5.41, 5.74) is 1.18. The minimum Gasteiger partial charge on any atom is -0.458 e. The van der Waals surface area contributed by atoms with E-state index >= 15 is 0 Å². The van der Waals surface area contributed by atoms with E-state index in [0.29, 0.717) is 13.2 Å². The third kappa shape index (κ3) is 4.50. The maximum Gasteiger partial charge on any atom is 0.318 e. The van der Waals surface area contributed by atoms with Crippen LogP contribution in [0.3, 0.4) is 0 Å². The van der Waals surface area contributed by atoms with Crippen molar-refractivity contribution in [2.24, 2.45) is 0 Å². The van der Waals surface area contributed by atoms with Crippen LogP contribution < -0.4 is 10.1 Å². The zero-order valence-corrected chi connectivity index (χ0v) is 13.2. The van der Waals surface area contributed by atoms with Crippen molar-refractivity contribution in [2.75, 3.05) is 11.9 Å². The molecule has 3 rings (SSSR count). The highest BCUT2D eigenvalue weighted by atomic mass is 32.1. The Bertz CT molecular complexity index is 735. The molecule has 4 nitrogen and oxygen atoms in total. The predicted molar refractivity (Wildman–Crippen MR) is 89.3 cm³/mol. The summed E-state index contributed by atoms with van der Waals surface area (Å²) in [5, 5.41) is 4.96. The molecule has 0 atom stereocenters. The van der Waals surface area contributed by atoms with Gasteiger partial charge in [0, 0.05) is 11.4 Å². The van der Waals surface area contributed by atoms with E-state index in [1.54, 1.807) is 11.3 Å². The average Bonchev–Trinajstić information content (AvgIpc) is 3.10. The first-order valence-electron chi connectivity index (χ1n) is 7.27. The summed E-state index contributed by atoms with van der Waals surface area (Å²) in [4.78, 5) is 9.02. The number of nitrogens with one attached hydrogen (secondary N) is 1. The number of ether oxygens (including phenoxy) is 1. The van der Waals surface area contributed by atoms with Crippen LogP contribution in [0.1, 0.15) is 10.4 Å². The largest absolute Gasteiger partial charge is 0.458 e. The number of benzene rings is 1. The third-order valence-corrected chi connectivity index (χ3v) is 4.04. The molecule has 2 heterocycles. The summed E-state index contributed by atoms with van der Waals surface area (Å²) < 4.78 is 19.3. The van der Waals surface area contributed by atoms with E-state index in [2.05, 4.69) is 15.3 Å². The molecule has 0 amide bonds. The van der Waals surface area contributed by atoms with Gasteiger partial charge in [0.15, 0.2) is 11.6 Å². The van der Waals surface area contributed by atoms with Crippen molar-refractivity contribution in [3.63, 3.8) is 0 Å². The van der Waals surface area contributed by atoms with Crippen molar-refractivity contribution in [2.45, 2.75) is 13.0 Å². The first-order valence-corrected chi connectivity index (χ1v) is 8.15. The van der Waals surface area contributed by atoms with Crippen molar-refractivity contribution < 1.29 is 9.13 Å². The number of thiophene rings is 1. The Kier molecular flexibility index (Phi) is 5.16. The third-order valence-electron chi connectivity index (χ3n) is 3.19. The fraction of sp³-hybridized carbons (Fsp3) is 0.176. The van der Waals surface area contributed by atoms with Crippen LogP contribution in [0.4, 0.5) is 10.2 Å². The van der Waals surface area contributed by atoms with Crippen molar-refractivity contribution in [1.29, 1.82) is 0 Å². The number of rotatable bonds is 7. The maximum absolute atomic E-state index is 13.8. The topological polar surface area (TPSA) is 47.0 Å². The summed E-state index contributed by atoms with van der Waals surface area (Å²) in [7, 11) is 0. The van der Waals surface area contributed by atoms with E-state index in [9.17, 15) is 4.39 Å². The Morgan fingerprint density at radius 1 is 1.13 bits per heavy atom. The van der Waals surface area contributed by atoms with E-state index in [-0.39, 0.29) is 11.8 Å². The molecule has 6 heteroatoms. The molecule has 3 aromatic rings. The molecule has 0 saturated carbocycles. The van der Waals surface area contributed by atoms with Gasteiger partial charge in [0.1, 0.15) is 6.61 Å². The van der Waals surface area contributed by atoms with E-state index in [4.69, 9.17) is 4.74 Å². The van der Waals surface area contributed by atoms with Crippen LogP contribution in [0.2, 0.25) is 0 Å². The quantitative estimate of drug-likeness (QED) is 0.714. The molecule has 1 aromatic carbocycles. The minimum atomic E-state index is -0.485.